The molecule has 0 spiro atoms. The Morgan fingerprint density at radius 2 is 1.48 bits per heavy atom. The SMILES string of the molecule is Cc1cccc(C(N=C=O)(N=C=O)c2ccccc2)c1C. The van der Waals surface area contributed by atoms with E-state index in [2.05, 4.69) is 9.98 Å². The van der Waals surface area contributed by atoms with Crippen LogP contribution in [0.4, 0.5) is 0 Å². The molecule has 0 aliphatic carbocycles. The second-order valence-corrected chi connectivity index (χ2v) is 4.69. The van der Waals surface area contributed by atoms with Gasteiger partial charge in [0, 0.05) is 11.1 Å². The molecule has 0 saturated carbocycles. The summed E-state index contributed by atoms with van der Waals surface area (Å²) < 4.78 is 0. The molecule has 0 saturated heterocycles. The molecule has 2 aromatic carbocycles. The topological polar surface area (TPSA) is 58.9 Å². The number of benzene rings is 2. The van der Waals surface area contributed by atoms with Gasteiger partial charge in [-0.1, -0.05) is 48.5 Å². The zero-order valence-corrected chi connectivity index (χ0v) is 11.8. The third-order valence-electron chi connectivity index (χ3n) is 3.57. The lowest BCUT2D eigenvalue weighted by Gasteiger charge is -2.25. The van der Waals surface area contributed by atoms with E-state index in [-0.39, 0.29) is 0 Å². The van der Waals surface area contributed by atoms with E-state index >= 15 is 0 Å². The minimum Gasteiger partial charge on any atom is -0.211 e. The average Bonchev–Trinajstić information content (AvgIpc) is 2.51. The lowest BCUT2D eigenvalue weighted by Crippen LogP contribution is -2.24. The fourth-order valence-electron chi connectivity index (χ4n) is 2.36. The van der Waals surface area contributed by atoms with Gasteiger partial charge in [0.2, 0.25) is 17.8 Å². The van der Waals surface area contributed by atoms with Gasteiger partial charge in [0.05, 0.1) is 0 Å². The maximum Gasteiger partial charge on any atom is 0.238 e. The Morgan fingerprint density at radius 1 is 0.857 bits per heavy atom. The summed E-state index contributed by atoms with van der Waals surface area (Å²) in [6.07, 6.45) is 3.08. The van der Waals surface area contributed by atoms with Crippen molar-refractivity contribution in [2.45, 2.75) is 19.5 Å². The highest BCUT2D eigenvalue weighted by molar-refractivity contribution is 5.52. The van der Waals surface area contributed by atoms with Gasteiger partial charge in [0.15, 0.2) is 0 Å². The maximum absolute atomic E-state index is 11.0. The van der Waals surface area contributed by atoms with E-state index in [9.17, 15) is 9.59 Å². The van der Waals surface area contributed by atoms with Crippen LogP contribution in [0.1, 0.15) is 22.3 Å². The van der Waals surface area contributed by atoms with E-state index in [4.69, 9.17) is 0 Å². The molecule has 2 aromatic rings. The van der Waals surface area contributed by atoms with Crippen molar-refractivity contribution in [2.24, 2.45) is 9.98 Å². The molecule has 0 atom stereocenters. The third kappa shape index (κ3) is 2.59. The number of rotatable bonds is 4. The molecule has 21 heavy (non-hydrogen) atoms. The Bertz CT molecular complexity index is 723. The van der Waals surface area contributed by atoms with Crippen molar-refractivity contribution in [3.8, 4) is 0 Å². The van der Waals surface area contributed by atoms with Gasteiger partial charge >= 0.3 is 0 Å². The lowest BCUT2D eigenvalue weighted by atomic mass is 9.87. The summed E-state index contributed by atoms with van der Waals surface area (Å²) in [5.41, 5.74) is 1.79. The summed E-state index contributed by atoms with van der Waals surface area (Å²) in [4.78, 5) is 29.6. The number of isocyanates is 2. The number of nitrogens with zero attached hydrogens (tertiary/aromatic N) is 2. The van der Waals surface area contributed by atoms with Gasteiger partial charge in [-0.05, 0) is 25.0 Å². The number of aryl methyl sites for hydroxylation is 1. The van der Waals surface area contributed by atoms with Crippen molar-refractivity contribution in [1.82, 2.24) is 0 Å². The quantitative estimate of drug-likeness (QED) is 0.637. The Hall–Kier alpha value is -2.80. The minimum absolute atomic E-state index is 0.616. The highest BCUT2D eigenvalue weighted by atomic mass is 16.1. The van der Waals surface area contributed by atoms with Crippen molar-refractivity contribution in [3.05, 3.63) is 70.8 Å². The standard InChI is InChI=1S/C17H14N2O2/c1-13-7-6-10-16(14(13)2)17(18-11-20,19-12-21)15-8-4-3-5-9-15/h3-10H,1-2H3. The van der Waals surface area contributed by atoms with Gasteiger partial charge in [-0.3, -0.25) is 0 Å². The first kappa shape index (κ1) is 14.6. The van der Waals surface area contributed by atoms with Gasteiger partial charge < -0.3 is 0 Å². The fourth-order valence-corrected chi connectivity index (χ4v) is 2.36. The van der Waals surface area contributed by atoms with Crippen molar-refractivity contribution in [2.75, 3.05) is 0 Å². The first-order chi connectivity index (χ1) is 10.2. The second-order valence-electron chi connectivity index (χ2n) is 4.69. The zero-order chi connectivity index (χ0) is 15.3. The Labute approximate surface area is 122 Å². The van der Waals surface area contributed by atoms with Crippen LogP contribution in [-0.4, -0.2) is 12.2 Å². The smallest absolute Gasteiger partial charge is 0.211 e. The Kier molecular flexibility index (Phi) is 4.24. The maximum atomic E-state index is 11.0. The van der Waals surface area contributed by atoms with E-state index < -0.39 is 5.66 Å². The summed E-state index contributed by atoms with van der Waals surface area (Å²) in [5, 5.41) is 0. The van der Waals surface area contributed by atoms with E-state index in [1.54, 1.807) is 30.3 Å². The van der Waals surface area contributed by atoms with E-state index in [0.29, 0.717) is 11.1 Å². The van der Waals surface area contributed by atoms with Crippen LogP contribution >= 0.6 is 0 Å². The molecule has 0 heterocycles. The highest BCUT2D eigenvalue weighted by Gasteiger charge is 2.35. The molecule has 2 rings (SSSR count). The molecular formula is C17H14N2O2. The molecule has 4 nitrogen and oxygen atoms in total. The summed E-state index contributed by atoms with van der Waals surface area (Å²) in [6.45, 7) is 3.85. The first-order valence-electron chi connectivity index (χ1n) is 6.46. The fraction of sp³-hybridized carbons (Fsp3) is 0.176. The Balaban J connectivity index is 2.87. The van der Waals surface area contributed by atoms with Crippen LogP contribution in [0.25, 0.3) is 0 Å². The summed E-state index contributed by atoms with van der Waals surface area (Å²) >= 11 is 0. The van der Waals surface area contributed by atoms with Crippen LogP contribution in [0.5, 0.6) is 0 Å². The first-order valence-corrected chi connectivity index (χ1v) is 6.46. The number of hydrogen-bond donors (Lipinski definition) is 0. The van der Waals surface area contributed by atoms with Crippen molar-refractivity contribution in [1.29, 1.82) is 0 Å². The van der Waals surface area contributed by atoms with Gasteiger partial charge in [-0.25, -0.2) is 9.59 Å². The highest BCUT2D eigenvalue weighted by Crippen LogP contribution is 2.37. The molecule has 0 unspecified atom stereocenters. The molecule has 0 radical (unpaired) electrons. The summed E-state index contributed by atoms with van der Waals surface area (Å²) in [5.74, 6) is 0. The van der Waals surface area contributed by atoms with Crippen LogP contribution in [0, 0.1) is 13.8 Å². The van der Waals surface area contributed by atoms with Crippen molar-refractivity contribution in [3.63, 3.8) is 0 Å². The van der Waals surface area contributed by atoms with Gasteiger partial charge in [-0.2, -0.15) is 9.98 Å². The van der Waals surface area contributed by atoms with Crippen LogP contribution in [0.15, 0.2) is 58.5 Å². The van der Waals surface area contributed by atoms with Crippen LogP contribution < -0.4 is 0 Å². The number of aliphatic imine (C=N–C) groups is 2. The average molecular weight is 278 g/mol. The Morgan fingerprint density at radius 3 is 2.05 bits per heavy atom. The lowest BCUT2D eigenvalue weighted by molar-refractivity contribution is 0.515. The molecule has 0 bridgehead atoms. The van der Waals surface area contributed by atoms with E-state index in [1.807, 2.05) is 32.0 Å². The van der Waals surface area contributed by atoms with Gasteiger partial charge in [-0.15, -0.1) is 0 Å². The number of hydrogen-bond acceptors (Lipinski definition) is 4. The largest absolute Gasteiger partial charge is 0.238 e. The van der Waals surface area contributed by atoms with E-state index in [0.717, 1.165) is 11.1 Å². The molecule has 104 valence electrons. The molecule has 0 fully saturated rings. The van der Waals surface area contributed by atoms with Crippen LogP contribution in [-0.2, 0) is 15.3 Å². The summed E-state index contributed by atoms with van der Waals surface area (Å²) in [7, 11) is 0. The molecule has 0 N–H and O–H groups in total. The van der Waals surface area contributed by atoms with Crippen molar-refractivity contribution >= 4 is 12.2 Å². The number of carbonyl (C=O) groups excluding carboxylic acids is 2. The molecule has 0 aliphatic heterocycles. The molecule has 4 heteroatoms. The normalized spacial score (nSPS) is 12.7. The van der Waals surface area contributed by atoms with Crippen molar-refractivity contribution < 1.29 is 9.59 Å². The molecular weight excluding hydrogens is 264 g/mol. The molecule has 0 aliphatic rings. The van der Waals surface area contributed by atoms with Gasteiger partial charge in [0.1, 0.15) is 0 Å². The predicted octanol–water partition coefficient (Wildman–Crippen LogP) is 3.18. The van der Waals surface area contributed by atoms with Crippen LogP contribution in [0.2, 0.25) is 0 Å². The molecule has 0 aromatic heterocycles. The third-order valence-corrected chi connectivity index (χ3v) is 3.57. The molecule has 0 amide bonds. The predicted molar refractivity (Wildman–Crippen MR) is 79.4 cm³/mol. The summed E-state index contributed by atoms with van der Waals surface area (Å²) in [6, 6.07) is 14.6. The second kappa shape index (κ2) is 6.10. The van der Waals surface area contributed by atoms with E-state index in [1.165, 1.54) is 12.2 Å². The minimum atomic E-state index is -1.43. The van der Waals surface area contributed by atoms with Gasteiger partial charge in [0.25, 0.3) is 0 Å². The zero-order valence-electron chi connectivity index (χ0n) is 11.8. The monoisotopic (exact) mass is 278 g/mol. The van der Waals surface area contributed by atoms with Crippen LogP contribution in [0.3, 0.4) is 0 Å².